The van der Waals surface area contributed by atoms with Crippen LogP contribution in [0, 0.1) is 5.92 Å². The second-order valence-corrected chi connectivity index (χ2v) is 11.2. The Labute approximate surface area is 234 Å². The third-order valence-corrected chi connectivity index (χ3v) is 8.20. The molecule has 3 atom stereocenters. The van der Waals surface area contributed by atoms with Crippen molar-refractivity contribution in [2.75, 3.05) is 66.5 Å². The van der Waals surface area contributed by atoms with E-state index in [0.29, 0.717) is 45.8 Å². The molecule has 0 aromatic heterocycles. The molecule has 9 heteroatoms. The van der Waals surface area contributed by atoms with Gasteiger partial charge in [0.15, 0.2) is 0 Å². The number of fused-ring (bicyclic) bond motifs is 1. The molecule has 0 aliphatic carbocycles. The lowest BCUT2D eigenvalue weighted by Gasteiger charge is -2.31. The summed E-state index contributed by atoms with van der Waals surface area (Å²) in [6.07, 6.45) is 4.18. The molecule has 2 amide bonds. The molecule has 0 bridgehead atoms. The van der Waals surface area contributed by atoms with Crippen LogP contribution < -0.4 is 4.74 Å². The number of carboxylic acids is 1. The lowest BCUT2D eigenvalue weighted by Crippen LogP contribution is -2.46. The number of ether oxygens (including phenoxy) is 1. The van der Waals surface area contributed by atoms with E-state index in [1.807, 2.05) is 38.1 Å². The number of carbonyl (C=O) groups excluding carboxylic acids is 2. The predicted octanol–water partition coefficient (Wildman–Crippen LogP) is 2.93. The van der Waals surface area contributed by atoms with E-state index in [1.54, 1.807) is 11.8 Å². The quantitative estimate of drug-likeness (QED) is 0.363. The summed E-state index contributed by atoms with van der Waals surface area (Å²) in [4.78, 5) is 46.4. The molecule has 0 saturated carbocycles. The van der Waals surface area contributed by atoms with Crippen LogP contribution in [0.3, 0.4) is 0 Å². The lowest BCUT2D eigenvalue weighted by atomic mass is 9.83. The molecule has 1 aromatic carbocycles. The van der Waals surface area contributed by atoms with Crippen molar-refractivity contribution >= 4 is 17.8 Å². The Morgan fingerprint density at radius 2 is 1.79 bits per heavy atom. The van der Waals surface area contributed by atoms with Crippen molar-refractivity contribution in [1.29, 1.82) is 0 Å². The maximum Gasteiger partial charge on any atom is 0.308 e. The summed E-state index contributed by atoms with van der Waals surface area (Å²) in [7, 11) is 4.07. The fourth-order valence-electron chi connectivity index (χ4n) is 6.02. The van der Waals surface area contributed by atoms with Gasteiger partial charge < -0.3 is 24.5 Å². The zero-order valence-corrected chi connectivity index (χ0v) is 24.5. The Morgan fingerprint density at radius 1 is 1.05 bits per heavy atom. The fourth-order valence-corrected chi connectivity index (χ4v) is 6.02. The number of hydrogen-bond donors (Lipinski definition) is 1. The van der Waals surface area contributed by atoms with Gasteiger partial charge in [0.2, 0.25) is 11.8 Å². The second-order valence-electron chi connectivity index (χ2n) is 11.2. The van der Waals surface area contributed by atoms with Crippen molar-refractivity contribution in [3.05, 3.63) is 29.3 Å². The van der Waals surface area contributed by atoms with Gasteiger partial charge in [0.1, 0.15) is 5.75 Å². The number of rotatable bonds is 15. The minimum absolute atomic E-state index is 0.0215. The summed E-state index contributed by atoms with van der Waals surface area (Å²) >= 11 is 0. The molecule has 1 fully saturated rings. The molecule has 0 radical (unpaired) electrons. The van der Waals surface area contributed by atoms with Gasteiger partial charge in [-0.2, -0.15) is 0 Å². The summed E-state index contributed by atoms with van der Waals surface area (Å²) in [5.74, 6) is -0.851. The lowest BCUT2D eigenvalue weighted by molar-refractivity contribution is -0.144. The smallest absolute Gasteiger partial charge is 0.308 e. The van der Waals surface area contributed by atoms with E-state index in [9.17, 15) is 19.5 Å². The van der Waals surface area contributed by atoms with Gasteiger partial charge in [-0.05, 0) is 64.0 Å². The van der Waals surface area contributed by atoms with Crippen molar-refractivity contribution in [1.82, 2.24) is 19.6 Å². The standard InChI is InChI=1S/C30H48N4O5/c1-6-8-15-33(16-9-14-31(4)5)28(36)21-34-20-25(23-10-11-27-24(19-23)13-18-39-27)29(30(37)38)26(34)12-17-32(7-2)22(3)35/h10-11,19,25-26,29H,6-9,12-18,20-21H2,1-5H3,(H,37,38). The third kappa shape index (κ3) is 8.18. The molecule has 2 heterocycles. The number of unbranched alkanes of at least 4 members (excludes halogenated alkanes) is 1. The van der Waals surface area contributed by atoms with E-state index in [2.05, 4.69) is 22.8 Å². The predicted molar refractivity (Wildman–Crippen MR) is 152 cm³/mol. The first-order valence-corrected chi connectivity index (χ1v) is 14.6. The van der Waals surface area contributed by atoms with Gasteiger partial charge >= 0.3 is 5.97 Å². The molecule has 1 N–H and O–H groups in total. The van der Waals surface area contributed by atoms with Crippen LogP contribution in [-0.4, -0.2) is 115 Å². The molecule has 9 nitrogen and oxygen atoms in total. The highest BCUT2D eigenvalue weighted by molar-refractivity contribution is 5.79. The Hall–Kier alpha value is -2.65. The first kappa shape index (κ1) is 30.9. The summed E-state index contributed by atoms with van der Waals surface area (Å²) in [6, 6.07) is 5.68. The van der Waals surface area contributed by atoms with Gasteiger partial charge in [-0.3, -0.25) is 19.3 Å². The van der Waals surface area contributed by atoms with E-state index >= 15 is 0 Å². The summed E-state index contributed by atoms with van der Waals surface area (Å²) < 4.78 is 5.67. The highest BCUT2D eigenvalue weighted by Crippen LogP contribution is 2.41. The molecule has 218 valence electrons. The Kier molecular flexibility index (Phi) is 11.6. The highest BCUT2D eigenvalue weighted by Gasteiger charge is 2.47. The number of carboxylic acid groups (broad SMARTS) is 1. The van der Waals surface area contributed by atoms with Gasteiger partial charge in [-0.1, -0.05) is 25.5 Å². The summed E-state index contributed by atoms with van der Waals surface area (Å²) in [5.41, 5.74) is 2.10. The Morgan fingerprint density at radius 3 is 2.44 bits per heavy atom. The van der Waals surface area contributed by atoms with Crippen LogP contribution in [0.4, 0.5) is 0 Å². The second kappa shape index (κ2) is 14.7. The van der Waals surface area contributed by atoms with E-state index < -0.39 is 11.9 Å². The van der Waals surface area contributed by atoms with Crippen molar-refractivity contribution in [3.63, 3.8) is 0 Å². The zero-order valence-electron chi connectivity index (χ0n) is 24.5. The normalized spacial score (nSPS) is 20.6. The minimum Gasteiger partial charge on any atom is -0.493 e. The van der Waals surface area contributed by atoms with Crippen LogP contribution in [0.15, 0.2) is 18.2 Å². The van der Waals surface area contributed by atoms with Crippen molar-refractivity contribution in [2.24, 2.45) is 5.92 Å². The van der Waals surface area contributed by atoms with Crippen LogP contribution in [0.2, 0.25) is 0 Å². The fraction of sp³-hybridized carbons (Fsp3) is 0.700. The first-order chi connectivity index (χ1) is 18.7. The molecule has 2 aliphatic heterocycles. The summed E-state index contributed by atoms with van der Waals surface area (Å²) in [5, 5.41) is 10.5. The number of likely N-dealkylation sites (tertiary alicyclic amines) is 1. The van der Waals surface area contributed by atoms with Gasteiger partial charge in [0.25, 0.3) is 0 Å². The Bertz CT molecular complexity index is 984. The molecule has 39 heavy (non-hydrogen) atoms. The Balaban J connectivity index is 1.86. The number of hydrogen-bond acceptors (Lipinski definition) is 6. The average molecular weight is 545 g/mol. The molecule has 3 unspecified atom stereocenters. The number of aliphatic carboxylic acids is 1. The maximum absolute atomic E-state index is 13.6. The minimum atomic E-state index is -0.851. The van der Waals surface area contributed by atoms with E-state index in [0.717, 1.165) is 49.1 Å². The van der Waals surface area contributed by atoms with E-state index in [1.165, 1.54) is 0 Å². The molecule has 3 rings (SSSR count). The van der Waals surface area contributed by atoms with Crippen LogP contribution in [-0.2, 0) is 20.8 Å². The average Bonchev–Trinajstić information content (AvgIpc) is 3.50. The number of benzene rings is 1. The van der Waals surface area contributed by atoms with Crippen molar-refractivity contribution < 1.29 is 24.2 Å². The van der Waals surface area contributed by atoms with Crippen molar-refractivity contribution in [2.45, 2.75) is 64.8 Å². The van der Waals surface area contributed by atoms with Gasteiger partial charge in [0, 0.05) is 58.0 Å². The van der Waals surface area contributed by atoms with Crippen LogP contribution in [0.1, 0.15) is 63.5 Å². The molecule has 2 aliphatic rings. The number of carbonyl (C=O) groups is 3. The molecule has 0 spiro atoms. The molecule has 1 saturated heterocycles. The number of nitrogens with zero attached hydrogens (tertiary/aromatic N) is 4. The molecular weight excluding hydrogens is 496 g/mol. The topological polar surface area (TPSA) is 93.6 Å². The van der Waals surface area contributed by atoms with Crippen molar-refractivity contribution in [3.8, 4) is 5.75 Å². The maximum atomic E-state index is 13.6. The zero-order chi connectivity index (χ0) is 28.5. The van der Waals surface area contributed by atoms with Gasteiger partial charge in [-0.25, -0.2) is 0 Å². The van der Waals surface area contributed by atoms with Gasteiger partial charge in [0.05, 0.1) is 19.1 Å². The van der Waals surface area contributed by atoms with Crippen LogP contribution >= 0.6 is 0 Å². The monoisotopic (exact) mass is 544 g/mol. The third-order valence-electron chi connectivity index (χ3n) is 8.20. The van der Waals surface area contributed by atoms with E-state index in [4.69, 9.17) is 4.74 Å². The van der Waals surface area contributed by atoms with Crippen LogP contribution in [0.25, 0.3) is 0 Å². The SMILES string of the molecule is CCCCN(CCCN(C)C)C(=O)CN1CC(c2ccc3c(c2)CCO3)C(C(=O)O)C1CCN(CC)C(C)=O. The molecule has 1 aromatic rings. The molecular formula is C30H48N4O5. The van der Waals surface area contributed by atoms with Gasteiger partial charge in [-0.15, -0.1) is 0 Å². The summed E-state index contributed by atoms with van der Waals surface area (Å²) in [6.45, 7) is 10.3. The van der Waals surface area contributed by atoms with E-state index in [-0.39, 0.29) is 30.3 Å². The number of amides is 2. The van der Waals surface area contributed by atoms with Crippen LogP contribution in [0.5, 0.6) is 5.75 Å². The largest absolute Gasteiger partial charge is 0.493 e. The first-order valence-electron chi connectivity index (χ1n) is 14.6. The highest BCUT2D eigenvalue weighted by atomic mass is 16.5.